The maximum atomic E-state index is 12.9. The minimum atomic E-state index is -0.176. The first-order chi connectivity index (χ1) is 6.06. The van der Waals surface area contributed by atoms with Crippen LogP contribution in [0.25, 0.3) is 0 Å². The second kappa shape index (κ2) is 4.25. The summed E-state index contributed by atoms with van der Waals surface area (Å²) in [6, 6.07) is 6.73. The molecule has 0 saturated carbocycles. The summed E-state index contributed by atoms with van der Waals surface area (Å²) >= 11 is 5.69. The van der Waals surface area contributed by atoms with E-state index in [1.807, 2.05) is 6.07 Å². The monoisotopic (exact) mass is 214 g/mol. The van der Waals surface area contributed by atoms with E-state index in [0.717, 1.165) is 5.56 Å². The van der Waals surface area contributed by atoms with Crippen molar-refractivity contribution >= 4 is 21.1 Å². The Hall–Kier alpha value is -0.343. The first kappa shape index (κ1) is 10.7. The van der Waals surface area contributed by atoms with E-state index in [1.54, 1.807) is 12.1 Å². The molecule has 0 amide bonds. The normalized spacial score (nSPS) is 11.7. The molecule has 0 atom stereocenters. The molecule has 1 rings (SSSR count). The maximum absolute atomic E-state index is 12.9. The van der Waals surface area contributed by atoms with Crippen LogP contribution in [0.4, 0.5) is 4.39 Å². The summed E-state index contributed by atoms with van der Waals surface area (Å²) in [5.74, 6) is -0.176. The summed E-state index contributed by atoms with van der Waals surface area (Å²) in [6.07, 6.45) is 0. The van der Waals surface area contributed by atoms with Crippen LogP contribution in [0.15, 0.2) is 24.3 Å². The van der Waals surface area contributed by atoms with Crippen LogP contribution in [0, 0.1) is 5.82 Å². The lowest BCUT2D eigenvalue weighted by molar-refractivity contribution is 0.619. The number of benzene rings is 1. The molecule has 2 radical (unpaired) electrons. The molecular weight excluding hydrogens is 203 g/mol. The van der Waals surface area contributed by atoms with Gasteiger partial charge in [0.05, 0.1) is 9.52 Å². The van der Waals surface area contributed by atoms with Crippen molar-refractivity contribution < 1.29 is 4.39 Å². The zero-order valence-corrected chi connectivity index (χ0v) is 9.53. The van der Waals surface area contributed by atoms with Crippen LogP contribution >= 0.6 is 11.6 Å². The van der Waals surface area contributed by atoms with E-state index in [4.69, 9.17) is 11.6 Å². The standard InChI is InChI=1S/C10H12ClFSi/c1-10(2,13-7-11)8-4-3-5-9(12)6-8/h3-6H,7H2,1-2H3. The molecule has 0 unspecified atom stereocenters. The Morgan fingerprint density at radius 3 is 2.69 bits per heavy atom. The summed E-state index contributed by atoms with van der Waals surface area (Å²) in [5, 5.41) is -0.0101. The van der Waals surface area contributed by atoms with E-state index in [2.05, 4.69) is 13.8 Å². The van der Waals surface area contributed by atoms with Gasteiger partial charge in [-0.3, -0.25) is 0 Å². The van der Waals surface area contributed by atoms with Crippen LogP contribution in [-0.2, 0) is 5.04 Å². The zero-order chi connectivity index (χ0) is 9.90. The molecule has 0 nitrogen and oxygen atoms in total. The molecule has 70 valence electrons. The highest BCUT2D eigenvalue weighted by Gasteiger charge is 2.20. The SMILES string of the molecule is CC(C)([Si]CCl)c1cccc(F)c1. The fourth-order valence-corrected chi connectivity index (χ4v) is 2.84. The van der Waals surface area contributed by atoms with Crippen molar-refractivity contribution in [3.8, 4) is 0 Å². The van der Waals surface area contributed by atoms with Crippen LogP contribution in [0.2, 0.25) is 0 Å². The molecular formula is C10H12ClFSi. The van der Waals surface area contributed by atoms with Crippen LogP contribution in [0.3, 0.4) is 0 Å². The fourth-order valence-electron chi connectivity index (χ4n) is 1.15. The molecule has 1 aromatic carbocycles. The van der Waals surface area contributed by atoms with Crippen molar-refractivity contribution in [3.05, 3.63) is 35.6 Å². The van der Waals surface area contributed by atoms with Crippen molar-refractivity contribution in [3.63, 3.8) is 0 Å². The fraction of sp³-hybridized carbons (Fsp3) is 0.400. The Kier molecular flexibility index (Phi) is 3.51. The lowest BCUT2D eigenvalue weighted by atomic mass is 10.0. The minimum absolute atomic E-state index is 0.0101. The lowest BCUT2D eigenvalue weighted by Crippen LogP contribution is -2.27. The molecule has 0 heterocycles. The van der Waals surface area contributed by atoms with E-state index in [9.17, 15) is 4.39 Å². The highest BCUT2D eigenvalue weighted by atomic mass is 35.5. The largest absolute Gasteiger partial charge is 0.207 e. The van der Waals surface area contributed by atoms with Gasteiger partial charge in [-0.25, -0.2) is 4.39 Å². The minimum Gasteiger partial charge on any atom is -0.207 e. The van der Waals surface area contributed by atoms with Crippen molar-refractivity contribution in [1.82, 2.24) is 0 Å². The molecule has 13 heavy (non-hydrogen) atoms. The highest BCUT2D eigenvalue weighted by molar-refractivity contribution is 6.52. The van der Waals surface area contributed by atoms with E-state index in [1.165, 1.54) is 6.07 Å². The van der Waals surface area contributed by atoms with Crippen LogP contribution in [0.5, 0.6) is 0 Å². The smallest absolute Gasteiger partial charge is 0.123 e. The van der Waals surface area contributed by atoms with Crippen molar-refractivity contribution in [2.24, 2.45) is 0 Å². The quantitative estimate of drug-likeness (QED) is 0.536. The number of alkyl halides is 1. The summed E-state index contributed by atoms with van der Waals surface area (Å²) in [7, 11) is 0.614. The average Bonchev–Trinajstić information content (AvgIpc) is 2.04. The first-order valence-electron chi connectivity index (χ1n) is 4.13. The number of rotatable bonds is 3. The van der Waals surface area contributed by atoms with Gasteiger partial charge in [-0.1, -0.05) is 26.0 Å². The summed E-state index contributed by atoms with van der Waals surface area (Å²) in [6.45, 7) is 4.17. The predicted molar refractivity (Wildman–Crippen MR) is 55.9 cm³/mol. The number of halogens is 2. The molecule has 0 aromatic heterocycles. The topological polar surface area (TPSA) is 0 Å². The van der Waals surface area contributed by atoms with E-state index in [0.29, 0.717) is 15.0 Å². The molecule has 0 saturated heterocycles. The van der Waals surface area contributed by atoms with Gasteiger partial charge in [-0.05, 0) is 22.7 Å². The predicted octanol–water partition coefficient (Wildman–Crippen LogP) is 2.96. The zero-order valence-electron chi connectivity index (χ0n) is 7.77. The molecule has 3 heteroatoms. The molecule has 0 N–H and O–H groups in total. The Morgan fingerprint density at radius 2 is 2.15 bits per heavy atom. The van der Waals surface area contributed by atoms with Crippen LogP contribution in [0.1, 0.15) is 19.4 Å². The Labute approximate surface area is 85.9 Å². The molecule has 0 fully saturated rings. The Bertz CT molecular complexity index is 286. The molecule has 0 aliphatic rings. The third-order valence-electron chi connectivity index (χ3n) is 2.06. The van der Waals surface area contributed by atoms with Gasteiger partial charge in [0.15, 0.2) is 0 Å². The van der Waals surface area contributed by atoms with Crippen LogP contribution < -0.4 is 0 Å². The summed E-state index contributed by atoms with van der Waals surface area (Å²) in [4.78, 5) is 0. The summed E-state index contributed by atoms with van der Waals surface area (Å²) < 4.78 is 12.9. The second-order valence-corrected chi connectivity index (χ2v) is 6.12. The molecule has 1 aromatic rings. The van der Waals surface area contributed by atoms with E-state index >= 15 is 0 Å². The van der Waals surface area contributed by atoms with Gasteiger partial charge in [0.1, 0.15) is 5.82 Å². The average molecular weight is 215 g/mol. The third kappa shape index (κ3) is 2.81. The van der Waals surface area contributed by atoms with Gasteiger partial charge in [0.25, 0.3) is 0 Å². The van der Waals surface area contributed by atoms with Gasteiger partial charge in [-0.2, -0.15) is 0 Å². The van der Waals surface area contributed by atoms with E-state index < -0.39 is 0 Å². The summed E-state index contributed by atoms with van der Waals surface area (Å²) in [5.41, 5.74) is 1.65. The second-order valence-electron chi connectivity index (χ2n) is 3.45. The van der Waals surface area contributed by atoms with E-state index in [-0.39, 0.29) is 10.9 Å². The van der Waals surface area contributed by atoms with Crippen molar-refractivity contribution in [2.45, 2.75) is 18.9 Å². The Balaban J connectivity index is 2.93. The Morgan fingerprint density at radius 1 is 1.46 bits per heavy atom. The van der Waals surface area contributed by atoms with Gasteiger partial charge in [0, 0.05) is 5.50 Å². The third-order valence-corrected chi connectivity index (χ3v) is 3.76. The highest BCUT2D eigenvalue weighted by Crippen LogP contribution is 2.22. The molecule has 0 bridgehead atoms. The molecule has 0 aliphatic carbocycles. The van der Waals surface area contributed by atoms with Gasteiger partial charge in [-0.15, -0.1) is 11.6 Å². The molecule has 0 aliphatic heterocycles. The van der Waals surface area contributed by atoms with Crippen molar-refractivity contribution in [1.29, 1.82) is 0 Å². The molecule has 0 spiro atoms. The van der Waals surface area contributed by atoms with Gasteiger partial charge in [0.2, 0.25) is 0 Å². The maximum Gasteiger partial charge on any atom is 0.123 e. The van der Waals surface area contributed by atoms with Crippen LogP contribution in [-0.4, -0.2) is 15.0 Å². The van der Waals surface area contributed by atoms with Gasteiger partial charge < -0.3 is 0 Å². The van der Waals surface area contributed by atoms with Gasteiger partial charge >= 0.3 is 0 Å². The lowest BCUT2D eigenvalue weighted by Gasteiger charge is -2.23. The first-order valence-corrected chi connectivity index (χ1v) is 5.87. The number of hydrogen-bond donors (Lipinski definition) is 0. The van der Waals surface area contributed by atoms with Crippen molar-refractivity contribution in [2.75, 3.05) is 5.50 Å². The number of hydrogen-bond acceptors (Lipinski definition) is 0.